The number of piperidine rings is 1. The van der Waals surface area contributed by atoms with Gasteiger partial charge >= 0.3 is 0 Å². The summed E-state index contributed by atoms with van der Waals surface area (Å²) in [5, 5.41) is -2.74. The molecule has 1 fully saturated rings. The highest BCUT2D eigenvalue weighted by Crippen LogP contribution is 2.50. The average molecular weight is 470 g/mol. The fraction of sp³-hybridized carbons (Fsp3) is 0.478. The monoisotopic (exact) mass is 469 g/mol. The Morgan fingerprint density at radius 3 is 2.28 bits per heavy atom. The molecule has 32 heavy (non-hydrogen) atoms. The lowest BCUT2D eigenvalue weighted by Gasteiger charge is -2.38. The van der Waals surface area contributed by atoms with Crippen LogP contribution < -0.4 is 9.47 Å². The van der Waals surface area contributed by atoms with Crippen molar-refractivity contribution in [1.29, 1.82) is 0 Å². The summed E-state index contributed by atoms with van der Waals surface area (Å²) < 4.78 is 81.9. The van der Waals surface area contributed by atoms with Gasteiger partial charge in [-0.2, -0.15) is 0 Å². The van der Waals surface area contributed by atoms with Crippen molar-refractivity contribution in [3.63, 3.8) is 0 Å². The van der Waals surface area contributed by atoms with Gasteiger partial charge in [-0.25, -0.2) is 21.6 Å². The summed E-state index contributed by atoms with van der Waals surface area (Å²) in [6.45, 7) is 0.901. The van der Waals surface area contributed by atoms with E-state index in [2.05, 4.69) is 0 Å². The first-order valence-electron chi connectivity index (χ1n) is 10.4. The number of likely N-dealkylation sites (tertiary alicyclic amines) is 1. The Labute approximate surface area is 186 Å². The maximum atomic E-state index is 15.9. The highest BCUT2D eigenvalue weighted by Gasteiger charge is 2.57. The number of ether oxygens (including phenoxy) is 2. The van der Waals surface area contributed by atoms with Crippen molar-refractivity contribution in [2.24, 2.45) is 0 Å². The minimum atomic E-state index is -4.41. The molecular formula is C23H26F3NO4S. The zero-order chi connectivity index (χ0) is 23.1. The molecule has 2 aliphatic heterocycles. The van der Waals surface area contributed by atoms with Crippen LogP contribution in [-0.4, -0.2) is 51.3 Å². The molecule has 0 spiro atoms. The first-order chi connectivity index (χ1) is 15.1. The number of alkyl halides is 2. The summed E-state index contributed by atoms with van der Waals surface area (Å²) in [6.07, 6.45) is -1.22. The van der Waals surface area contributed by atoms with Crippen LogP contribution in [0.1, 0.15) is 30.4 Å². The summed E-state index contributed by atoms with van der Waals surface area (Å²) >= 11 is 0. The second kappa shape index (κ2) is 8.26. The molecule has 2 aliphatic rings. The third-order valence-corrected chi connectivity index (χ3v) is 8.69. The normalized spacial score (nSPS) is 24.2. The van der Waals surface area contributed by atoms with E-state index in [1.165, 1.54) is 32.4 Å². The standard InChI is InChI=1S/C23H26F3NO4S/c1-30-19-11-17-13-23(26,32(28,29)21(17)12-20(19)31-2)15-22(25)7-9-27(10-8-22)14-16-5-3-4-6-18(16)24/h3-6,11-12H,7-10,13-15H2,1-2H3. The van der Waals surface area contributed by atoms with Crippen LogP contribution in [0.3, 0.4) is 0 Å². The first-order valence-corrected chi connectivity index (χ1v) is 11.9. The van der Waals surface area contributed by atoms with Gasteiger partial charge in [0.05, 0.1) is 19.1 Å². The summed E-state index contributed by atoms with van der Waals surface area (Å²) in [5.74, 6) is 0.144. The van der Waals surface area contributed by atoms with E-state index in [0.29, 0.717) is 17.9 Å². The molecule has 0 radical (unpaired) electrons. The number of sulfone groups is 1. The third-order valence-electron chi connectivity index (χ3n) is 6.48. The van der Waals surface area contributed by atoms with Crippen molar-refractivity contribution >= 4 is 9.84 Å². The lowest BCUT2D eigenvalue weighted by molar-refractivity contribution is 0.0188. The molecular weight excluding hydrogens is 443 g/mol. The number of methoxy groups -OCH3 is 2. The van der Waals surface area contributed by atoms with Crippen LogP contribution in [-0.2, 0) is 22.8 Å². The molecule has 0 aliphatic carbocycles. The van der Waals surface area contributed by atoms with Gasteiger partial charge in [0.15, 0.2) is 11.5 Å². The fourth-order valence-corrected chi connectivity index (χ4v) is 6.58. The van der Waals surface area contributed by atoms with Crippen molar-refractivity contribution in [3.05, 3.63) is 53.3 Å². The van der Waals surface area contributed by atoms with Gasteiger partial charge in [-0.1, -0.05) is 18.2 Å². The maximum Gasteiger partial charge on any atom is 0.222 e. The zero-order valence-electron chi connectivity index (χ0n) is 18.0. The number of fused-ring (bicyclic) bond motifs is 1. The second-order valence-electron chi connectivity index (χ2n) is 8.57. The highest BCUT2D eigenvalue weighted by atomic mass is 32.2. The molecule has 2 aromatic carbocycles. The predicted molar refractivity (Wildman–Crippen MR) is 114 cm³/mol. The Kier molecular flexibility index (Phi) is 5.92. The van der Waals surface area contributed by atoms with Gasteiger partial charge in [-0.15, -0.1) is 0 Å². The maximum absolute atomic E-state index is 15.9. The van der Waals surface area contributed by atoms with Crippen LogP contribution >= 0.6 is 0 Å². The molecule has 0 aromatic heterocycles. The second-order valence-corrected chi connectivity index (χ2v) is 10.8. The third kappa shape index (κ3) is 3.96. The first kappa shape index (κ1) is 22.9. The molecule has 174 valence electrons. The molecule has 5 nitrogen and oxygen atoms in total. The van der Waals surface area contributed by atoms with Crippen LogP contribution in [0.15, 0.2) is 41.3 Å². The van der Waals surface area contributed by atoms with Gasteiger partial charge in [0.1, 0.15) is 11.5 Å². The fourth-order valence-electron chi connectivity index (χ4n) is 4.65. The van der Waals surface area contributed by atoms with E-state index >= 15 is 8.78 Å². The van der Waals surface area contributed by atoms with E-state index in [4.69, 9.17) is 9.47 Å². The lowest BCUT2D eigenvalue weighted by atomic mass is 9.86. The van der Waals surface area contributed by atoms with Crippen LogP contribution in [0.25, 0.3) is 0 Å². The Bertz CT molecular complexity index is 1120. The Hall–Kier alpha value is -2.26. The largest absolute Gasteiger partial charge is 0.493 e. The van der Waals surface area contributed by atoms with Gasteiger partial charge in [-0.3, -0.25) is 4.90 Å². The minimum absolute atomic E-state index is 0.0222. The van der Waals surface area contributed by atoms with E-state index in [0.717, 1.165) is 0 Å². The van der Waals surface area contributed by atoms with Gasteiger partial charge < -0.3 is 9.47 Å². The van der Waals surface area contributed by atoms with Gasteiger partial charge in [-0.05, 0) is 30.5 Å². The van der Waals surface area contributed by atoms with Crippen molar-refractivity contribution in [2.45, 2.75) is 47.8 Å². The Morgan fingerprint density at radius 2 is 1.66 bits per heavy atom. The molecule has 2 aromatic rings. The number of halogens is 3. The average Bonchev–Trinajstić information content (AvgIpc) is 2.94. The lowest BCUT2D eigenvalue weighted by Crippen LogP contribution is -2.47. The number of nitrogens with zero attached hydrogens (tertiary/aromatic N) is 1. The molecule has 1 unspecified atom stereocenters. The topological polar surface area (TPSA) is 55.8 Å². The van der Waals surface area contributed by atoms with Crippen LogP contribution in [0.5, 0.6) is 11.5 Å². The van der Waals surface area contributed by atoms with Gasteiger partial charge in [0.25, 0.3) is 0 Å². The summed E-state index contributed by atoms with van der Waals surface area (Å²) in [6, 6.07) is 9.07. The summed E-state index contributed by atoms with van der Waals surface area (Å²) in [7, 11) is -1.65. The zero-order valence-corrected chi connectivity index (χ0v) is 18.9. The van der Waals surface area contributed by atoms with E-state index < -0.39 is 33.3 Å². The highest BCUT2D eigenvalue weighted by molar-refractivity contribution is 7.93. The molecule has 2 heterocycles. The molecule has 1 saturated heterocycles. The quantitative estimate of drug-likeness (QED) is 0.634. The SMILES string of the molecule is COc1cc2c(cc1OC)S(=O)(=O)C(F)(CC1(F)CCN(Cc3ccccc3F)CC1)C2. The molecule has 0 N–H and O–H groups in total. The molecule has 1 atom stereocenters. The van der Waals surface area contributed by atoms with Crippen molar-refractivity contribution < 1.29 is 31.1 Å². The van der Waals surface area contributed by atoms with E-state index in [1.54, 1.807) is 18.2 Å². The predicted octanol–water partition coefficient (Wildman–Crippen LogP) is 4.23. The Morgan fingerprint density at radius 1 is 1.03 bits per heavy atom. The molecule has 0 bridgehead atoms. The number of hydrogen-bond acceptors (Lipinski definition) is 5. The number of rotatable bonds is 6. The Balaban J connectivity index is 1.49. The summed E-state index contributed by atoms with van der Waals surface area (Å²) in [4.78, 5) is 1.72. The van der Waals surface area contributed by atoms with Crippen LogP contribution in [0, 0.1) is 5.82 Å². The van der Waals surface area contributed by atoms with Gasteiger partial charge in [0.2, 0.25) is 14.8 Å². The van der Waals surface area contributed by atoms with E-state index in [-0.39, 0.29) is 48.0 Å². The van der Waals surface area contributed by atoms with Crippen molar-refractivity contribution in [2.75, 3.05) is 27.3 Å². The van der Waals surface area contributed by atoms with Gasteiger partial charge in [0, 0.05) is 44.1 Å². The smallest absolute Gasteiger partial charge is 0.222 e. The molecule has 0 saturated carbocycles. The van der Waals surface area contributed by atoms with Crippen molar-refractivity contribution in [3.8, 4) is 11.5 Å². The van der Waals surface area contributed by atoms with Crippen molar-refractivity contribution in [1.82, 2.24) is 4.90 Å². The van der Waals surface area contributed by atoms with E-state index in [9.17, 15) is 12.8 Å². The number of benzene rings is 2. The van der Waals surface area contributed by atoms with E-state index in [1.807, 2.05) is 4.90 Å². The molecule has 0 amide bonds. The minimum Gasteiger partial charge on any atom is -0.493 e. The van der Waals surface area contributed by atoms with Crippen LogP contribution in [0.2, 0.25) is 0 Å². The molecule has 4 rings (SSSR count). The number of hydrogen-bond donors (Lipinski definition) is 0. The summed E-state index contributed by atoms with van der Waals surface area (Å²) in [5.41, 5.74) is -1.20. The molecule has 9 heteroatoms. The van der Waals surface area contributed by atoms with Crippen LogP contribution in [0.4, 0.5) is 13.2 Å².